The minimum absolute atomic E-state index is 0.299. The molecular formula is C16H22ClNO3. The van der Waals surface area contributed by atoms with Gasteiger partial charge < -0.3 is 14.4 Å². The molecule has 1 aromatic rings. The van der Waals surface area contributed by atoms with E-state index in [0.717, 1.165) is 27.5 Å². The smallest absolute Gasteiger partial charge is 0.410 e. The molecule has 0 aromatic heterocycles. The number of carbonyl (C=O) groups is 1. The molecule has 0 saturated heterocycles. The maximum Gasteiger partial charge on any atom is 0.410 e. The summed E-state index contributed by atoms with van der Waals surface area (Å²) < 4.78 is 10.9. The molecule has 2 rings (SSSR count). The number of hydrogen-bond donors (Lipinski definition) is 0. The van der Waals surface area contributed by atoms with Gasteiger partial charge in [0.25, 0.3) is 0 Å². The lowest BCUT2D eigenvalue weighted by molar-refractivity contribution is 0.0222. The summed E-state index contributed by atoms with van der Waals surface area (Å²) in [5, 5.41) is 0.773. The number of fused-ring (bicyclic) bond motifs is 1. The molecule has 1 aliphatic rings. The average molecular weight is 312 g/mol. The molecule has 0 N–H and O–H groups in total. The van der Waals surface area contributed by atoms with Crippen LogP contribution in [0.1, 0.15) is 37.5 Å². The number of aryl methyl sites for hydroxylation is 1. The van der Waals surface area contributed by atoms with Crippen molar-refractivity contribution in [1.29, 1.82) is 0 Å². The maximum absolute atomic E-state index is 12.2. The second-order valence-corrected chi connectivity index (χ2v) is 6.70. The molecule has 0 radical (unpaired) electrons. The van der Waals surface area contributed by atoms with Crippen LogP contribution in [-0.4, -0.2) is 30.2 Å². The van der Waals surface area contributed by atoms with Gasteiger partial charge in [-0.2, -0.15) is 0 Å². The molecule has 116 valence electrons. The second kappa shape index (κ2) is 5.76. The van der Waals surface area contributed by atoms with Gasteiger partial charge in [-0.3, -0.25) is 0 Å². The molecule has 0 atom stereocenters. The number of carbonyl (C=O) groups excluding carboxylic acids is 1. The molecule has 1 amide bonds. The van der Waals surface area contributed by atoms with Crippen molar-refractivity contribution in [3.05, 3.63) is 27.8 Å². The van der Waals surface area contributed by atoms with Crippen LogP contribution in [0.4, 0.5) is 4.79 Å². The fraction of sp³-hybridized carbons (Fsp3) is 0.562. The zero-order chi connectivity index (χ0) is 15.8. The SMILES string of the molecule is COc1cc(C)c(Cl)c2c1CN(C(=O)OC(C)(C)C)CC2. The van der Waals surface area contributed by atoms with Crippen LogP contribution >= 0.6 is 11.6 Å². The van der Waals surface area contributed by atoms with Crippen LogP contribution in [0.5, 0.6) is 5.75 Å². The Kier molecular flexibility index (Phi) is 4.38. The number of amides is 1. The summed E-state index contributed by atoms with van der Waals surface area (Å²) in [6.07, 6.45) is 0.415. The highest BCUT2D eigenvalue weighted by Crippen LogP contribution is 2.36. The van der Waals surface area contributed by atoms with Crippen LogP contribution in [0.2, 0.25) is 5.02 Å². The van der Waals surface area contributed by atoms with Crippen molar-refractivity contribution in [3.63, 3.8) is 0 Å². The number of nitrogens with zero attached hydrogens (tertiary/aromatic N) is 1. The third-order valence-electron chi connectivity index (χ3n) is 3.47. The van der Waals surface area contributed by atoms with Gasteiger partial charge in [0.1, 0.15) is 11.4 Å². The maximum atomic E-state index is 12.2. The molecule has 0 bridgehead atoms. The summed E-state index contributed by atoms with van der Waals surface area (Å²) in [6, 6.07) is 1.92. The number of halogens is 1. The number of benzene rings is 1. The van der Waals surface area contributed by atoms with Crippen LogP contribution in [0.15, 0.2) is 6.07 Å². The highest BCUT2D eigenvalue weighted by Gasteiger charge is 2.29. The van der Waals surface area contributed by atoms with E-state index in [1.807, 2.05) is 33.8 Å². The summed E-state index contributed by atoms with van der Waals surface area (Å²) in [4.78, 5) is 13.9. The fourth-order valence-corrected chi connectivity index (χ4v) is 2.74. The van der Waals surface area contributed by atoms with Gasteiger partial charge in [0.15, 0.2) is 0 Å². The largest absolute Gasteiger partial charge is 0.496 e. The van der Waals surface area contributed by atoms with Crippen LogP contribution in [0, 0.1) is 6.92 Å². The first kappa shape index (κ1) is 16.0. The molecule has 1 aromatic carbocycles. The minimum atomic E-state index is -0.494. The molecule has 0 aliphatic carbocycles. The molecule has 21 heavy (non-hydrogen) atoms. The van der Waals surface area contributed by atoms with E-state index in [4.69, 9.17) is 21.1 Å². The predicted molar refractivity (Wildman–Crippen MR) is 83.1 cm³/mol. The van der Waals surface area contributed by atoms with Crippen molar-refractivity contribution < 1.29 is 14.3 Å². The van der Waals surface area contributed by atoms with E-state index < -0.39 is 5.60 Å². The van der Waals surface area contributed by atoms with Crippen molar-refractivity contribution in [1.82, 2.24) is 4.90 Å². The van der Waals surface area contributed by atoms with E-state index in [-0.39, 0.29) is 6.09 Å². The monoisotopic (exact) mass is 311 g/mol. The first-order chi connectivity index (χ1) is 9.73. The molecule has 5 heteroatoms. The Hall–Kier alpha value is -1.42. The number of ether oxygens (including phenoxy) is 2. The van der Waals surface area contributed by atoms with E-state index in [9.17, 15) is 4.79 Å². The summed E-state index contributed by atoms with van der Waals surface area (Å²) in [7, 11) is 1.63. The van der Waals surface area contributed by atoms with Crippen LogP contribution < -0.4 is 4.74 Å². The number of hydrogen-bond acceptors (Lipinski definition) is 3. The summed E-state index contributed by atoms with van der Waals surface area (Å²) >= 11 is 6.38. The van der Waals surface area contributed by atoms with Gasteiger partial charge in [-0.15, -0.1) is 0 Å². The van der Waals surface area contributed by atoms with Crippen LogP contribution in [0.25, 0.3) is 0 Å². The summed E-state index contributed by atoms with van der Waals surface area (Å²) in [5.74, 6) is 0.778. The van der Waals surface area contributed by atoms with Gasteiger partial charge in [-0.25, -0.2) is 4.79 Å². The predicted octanol–water partition coefficient (Wildman–Crippen LogP) is 3.95. The molecule has 1 heterocycles. The molecule has 0 unspecified atom stereocenters. The van der Waals surface area contributed by atoms with E-state index in [1.54, 1.807) is 12.0 Å². The van der Waals surface area contributed by atoms with E-state index >= 15 is 0 Å². The molecular weight excluding hydrogens is 290 g/mol. The quantitative estimate of drug-likeness (QED) is 0.788. The van der Waals surface area contributed by atoms with Gasteiger partial charge in [-0.1, -0.05) is 11.6 Å². The summed E-state index contributed by atoms with van der Waals surface area (Å²) in [6.45, 7) is 8.63. The Bertz CT molecular complexity index is 564. The molecule has 1 aliphatic heterocycles. The first-order valence-corrected chi connectivity index (χ1v) is 7.43. The van der Waals surface area contributed by atoms with Gasteiger partial charge in [0.05, 0.1) is 13.7 Å². The van der Waals surface area contributed by atoms with Gasteiger partial charge >= 0.3 is 6.09 Å². The third kappa shape index (κ3) is 3.43. The molecule has 0 fully saturated rings. The standard InChI is InChI=1S/C16H22ClNO3/c1-10-8-13(20-5)12-9-18(7-6-11(12)14(10)17)15(19)21-16(2,3)4/h8H,6-7,9H2,1-5H3. The van der Waals surface area contributed by atoms with Crippen LogP contribution in [0.3, 0.4) is 0 Å². The number of rotatable bonds is 1. The first-order valence-electron chi connectivity index (χ1n) is 7.05. The average Bonchev–Trinajstić information content (AvgIpc) is 2.40. The normalized spacial score (nSPS) is 14.7. The Balaban J connectivity index is 2.28. The fourth-order valence-electron chi connectivity index (χ4n) is 2.48. The zero-order valence-electron chi connectivity index (χ0n) is 13.2. The van der Waals surface area contributed by atoms with Crippen molar-refractivity contribution in [3.8, 4) is 5.75 Å². The zero-order valence-corrected chi connectivity index (χ0v) is 14.0. The highest BCUT2D eigenvalue weighted by atomic mass is 35.5. The molecule has 0 saturated carbocycles. The van der Waals surface area contributed by atoms with Gasteiger partial charge in [0.2, 0.25) is 0 Å². The lowest BCUT2D eigenvalue weighted by Crippen LogP contribution is -2.40. The lowest BCUT2D eigenvalue weighted by Gasteiger charge is -2.32. The number of methoxy groups -OCH3 is 1. The molecule has 4 nitrogen and oxygen atoms in total. The topological polar surface area (TPSA) is 38.8 Å². The second-order valence-electron chi connectivity index (χ2n) is 6.32. The van der Waals surface area contributed by atoms with E-state index in [1.165, 1.54) is 0 Å². The Morgan fingerprint density at radius 2 is 2.00 bits per heavy atom. The summed E-state index contributed by atoms with van der Waals surface area (Å²) in [5.41, 5.74) is 2.56. The minimum Gasteiger partial charge on any atom is -0.496 e. The Morgan fingerprint density at radius 1 is 1.33 bits per heavy atom. The molecule has 0 spiro atoms. The van der Waals surface area contributed by atoms with Gasteiger partial charge in [0, 0.05) is 17.1 Å². The van der Waals surface area contributed by atoms with Crippen molar-refractivity contribution in [2.45, 2.75) is 46.3 Å². The highest BCUT2D eigenvalue weighted by molar-refractivity contribution is 6.32. The van der Waals surface area contributed by atoms with Crippen molar-refractivity contribution in [2.75, 3.05) is 13.7 Å². The third-order valence-corrected chi connectivity index (χ3v) is 4.00. The lowest BCUT2D eigenvalue weighted by atomic mass is 9.96. The Morgan fingerprint density at radius 3 is 2.57 bits per heavy atom. The Labute approximate surface area is 131 Å². The van der Waals surface area contributed by atoms with Crippen molar-refractivity contribution >= 4 is 17.7 Å². The van der Waals surface area contributed by atoms with Crippen LogP contribution in [-0.2, 0) is 17.7 Å². The van der Waals surface area contributed by atoms with Crippen molar-refractivity contribution in [2.24, 2.45) is 0 Å². The van der Waals surface area contributed by atoms with E-state index in [2.05, 4.69) is 0 Å². The van der Waals surface area contributed by atoms with E-state index in [0.29, 0.717) is 19.5 Å². The van der Waals surface area contributed by atoms with Gasteiger partial charge in [-0.05, 0) is 51.3 Å².